The van der Waals surface area contributed by atoms with Crippen LogP contribution < -0.4 is 5.32 Å². The van der Waals surface area contributed by atoms with E-state index in [1.165, 1.54) is 42.2 Å². The Balaban J connectivity index is 1.92. The van der Waals surface area contributed by atoms with Gasteiger partial charge in [0.25, 0.3) is 0 Å². The molecular formula is C13H22N2S. The van der Waals surface area contributed by atoms with E-state index in [1.807, 2.05) is 11.3 Å². The summed E-state index contributed by atoms with van der Waals surface area (Å²) in [6, 6.07) is 5.21. The van der Waals surface area contributed by atoms with E-state index in [9.17, 15) is 0 Å². The van der Waals surface area contributed by atoms with Gasteiger partial charge >= 0.3 is 0 Å². The predicted molar refractivity (Wildman–Crippen MR) is 71.1 cm³/mol. The van der Waals surface area contributed by atoms with Crippen LogP contribution >= 0.6 is 11.3 Å². The topological polar surface area (TPSA) is 15.3 Å². The number of thiophene rings is 1. The molecular weight excluding hydrogens is 216 g/mol. The molecule has 2 heterocycles. The third-order valence-electron chi connectivity index (χ3n) is 3.12. The average molecular weight is 238 g/mol. The van der Waals surface area contributed by atoms with Crippen molar-refractivity contribution in [2.24, 2.45) is 0 Å². The molecule has 1 aliphatic rings. The number of nitrogens with zero attached hydrogens (tertiary/aromatic N) is 1. The summed E-state index contributed by atoms with van der Waals surface area (Å²) in [5, 5.41) is 3.54. The van der Waals surface area contributed by atoms with Gasteiger partial charge in [0.1, 0.15) is 0 Å². The van der Waals surface area contributed by atoms with E-state index >= 15 is 0 Å². The molecule has 0 spiro atoms. The van der Waals surface area contributed by atoms with E-state index in [0.29, 0.717) is 6.04 Å². The van der Waals surface area contributed by atoms with Gasteiger partial charge < -0.3 is 5.32 Å². The fourth-order valence-corrected chi connectivity index (χ4v) is 3.26. The van der Waals surface area contributed by atoms with Crippen LogP contribution in [0, 0.1) is 0 Å². The molecule has 1 aromatic rings. The van der Waals surface area contributed by atoms with Crippen LogP contribution in [-0.4, -0.2) is 30.6 Å². The van der Waals surface area contributed by atoms with Gasteiger partial charge in [-0.3, -0.25) is 4.90 Å². The lowest BCUT2D eigenvalue weighted by Gasteiger charge is -2.21. The molecule has 1 saturated heterocycles. The van der Waals surface area contributed by atoms with Crippen molar-refractivity contribution < 1.29 is 0 Å². The maximum atomic E-state index is 3.54. The second kappa shape index (κ2) is 5.80. The number of rotatable bonds is 3. The normalized spacial score (nSPS) is 23.2. The van der Waals surface area contributed by atoms with Crippen LogP contribution in [-0.2, 0) is 13.0 Å². The molecule has 0 radical (unpaired) electrons. The Kier molecular flexibility index (Phi) is 4.38. The first-order valence-electron chi connectivity index (χ1n) is 6.31. The van der Waals surface area contributed by atoms with Gasteiger partial charge in [-0.05, 0) is 45.0 Å². The second-order valence-corrected chi connectivity index (χ2v) is 5.92. The van der Waals surface area contributed by atoms with Crippen LogP contribution in [0.2, 0.25) is 0 Å². The Hall–Kier alpha value is -0.380. The predicted octanol–water partition coefficient (Wildman–Crippen LogP) is 2.49. The Morgan fingerprint density at radius 1 is 1.44 bits per heavy atom. The van der Waals surface area contributed by atoms with Gasteiger partial charge in [-0.1, -0.05) is 6.92 Å². The fourth-order valence-electron chi connectivity index (χ4n) is 2.26. The first kappa shape index (κ1) is 12.1. The van der Waals surface area contributed by atoms with Crippen LogP contribution in [0.5, 0.6) is 0 Å². The SMILES string of the molecule is CCc1ccc(CN2CCCNC(C)C2)s1. The molecule has 1 aliphatic heterocycles. The third kappa shape index (κ3) is 3.30. The zero-order chi connectivity index (χ0) is 11.4. The highest BCUT2D eigenvalue weighted by molar-refractivity contribution is 7.11. The minimum atomic E-state index is 0.633. The molecule has 0 aliphatic carbocycles. The standard InChI is InChI=1S/C13H22N2S/c1-3-12-5-6-13(16-12)10-15-8-4-7-14-11(2)9-15/h5-6,11,14H,3-4,7-10H2,1-2H3. The van der Waals surface area contributed by atoms with E-state index < -0.39 is 0 Å². The van der Waals surface area contributed by atoms with Gasteiger partial charge in [-0.15, -0.1) is 11.3 Å². The fraction of sp³-hybridized carbons (Fsp3) is 0.692. The Morgan fingerprint density at radius 2 is 2.25 bits per heavy atom. The zero-order valence-corrected chi connectivity index (χ0v) is 11.1. The van der Waals surface area contributed by atoms with E-state index in [1.54, 1.807) is 0 Å². The maximum absolute atomic E-state index is 3.54. The monoisotopic (exact) mass is 238 g/mol. The van der Waals surface area contributed by atoms with Crippen molar-refractivity contribution in [3.63, 3.8) is 0 Å². The smallest absolute Gasteiger partial charge is 0.0328 e. The molecule has 1 unspecified atom stereocenters. The van der Waals surface area contributed by atoms with Gasteiger partial charge in [-0.25, -0.2) is 0 Å². The van der Waals surface area contributed by atoms with Crippen LogP contribution in [0.25, 0.3) is 0 Å². The van der Waals surface area contributed by atoms with Crippen molar-refractivity contribution in [1.29, 1.82) is 0 Å². The molecule has 1 atom stereocenters. The number of hydrogen-bond donors (Lipinski definition) is 1. The van der Waals surface area contributed by atoms with Gasteiger partial charge in [0.05, 0.1) is 0 Å². The second-order valence-electron chi connectivity index (χ2n) is 4.67. The van der Waals surface area contributed by atoms with Gasteiger partial charge in [0, 0.05) is 28.9 Å². The summed E-state index contributed by atoms with van der Waals surface area (Å²) in [6.07, 6.45) is 2.44. The van der Waals surface area contributed by atoms with Crippen molar-refractivity contribution >= 4 is 11.3 Å². The quantitative estimate of drug-likeness (QED) is 0.870. The highest BCUT2D eigenvalue weighted by Gasteiger charge is 2.14. The van der Waals surface area contributed by atoms with Crippen molar-refractivity contribution in [2.45, 2.75) is 39.3 Å². The molecule has 2 nitrogen and oxygen atoms in total. The third-order valence-corrected chi connectivity index (χ3v) is 4.34. The van der Waals surface area contributed by atoms with Crippen LogP contribution in [0.3, 0.4) is 0 Å². The molecule has 0 amide bonds. The lowest BCUT2D eigenvalue weighted by atomic mass is 10.3. The largest absolute Gasteiger partial charge is 0.313 e. The Labute approximate surface area is 103 Å². The van der Waals surface area contributed by atoms with Gasteiger partial charge in [0.15, 0.2) is 0 Å². The molecule has 0 aromatic carbocycles. The maximum Gasteiger partial charge on any atom is 0.0328 e. The van der Waals surface area contributed by atoms with E-state index in [0.717, 1.165) is 6.54 Å². The van der Waals surface area contributed by atoms with E-state index in [2.05, 4.69) is 36.2 Å². The summed E-state index contributed by atoms with van der Waals surface area (Å²) >= 11 is 1.97. The summed E-state index contributed by atoms with van der Waals surface area (Å²) in [5.74, 6) is 0. The Bertz CT molecular complexity index is 321. The summed E-state index contributed by atoms with van der Waals surface area (Å²) in [5.41, 5.74) is 0. The van der Waals surface area contributed by atoms with Crippen LogP contribution in [0.1, 0.15) is 30.0 Å². The molecule has 16 heavy (non-hydrogen) atoms. The molecule has 1 N–H and O–H groups in total. The number of hydrogen-bond acceptors (Lipinski definition) is 3. The molecule has 90 valence electrons. The van der Waals surface area contributed by atoms with Crippen LogP contribution in [0.4, 0.5) is 0 Å². The van der Waals surface area contributed by atoms with E-state index in [-0.39, 0.29) is 0 Å². The lowest BCUT2D eigenvalue weighted by Crippen LogP contribution is -2.34. The van der Waals surface area contributed by atoms with Crippen molar-refractivity contribution in [1.82, 2.24) is 10.2 Å². The molecule has 0 saturated carbocycles. The summed E-state index contributed by atoms with van der Waals surface area (Å²) in [7, 11) is 0. The van der Waals surface area contributed by atoms with Crippen molar-refractivity contribution in [2.75, 3.05) is 19.6 Å². The van der Waals surface area contributed by atoms with E-state index in [4.69, 9.17) is 0 Å². The van der Waals surface area contributed by atoms with Crippen LogP contribution in [0.15, 0.2) is 12.1 Å². The van der Waals surface area contributed by atoms with Gasteiger partial charge in [0.2, 0.25) is 0 Å². The van der Waals surface area contributed by atoms with Gasteiger partial charge in [-0.2, -0.15) is 0 Å². The molecule has 3 heteroatoms. The van der Waals surface area contributed by atoms with Crippen molar-refractivity contribution in [3.05, 3.63) is 21.9 Å². The molecule has 1 fully saturated rings. The minimum Gasteiger partial charge on any atom is -0.313 e. The average Bonchev–Trinajstić information content (AvgIpc) is 2.62. The molecule has 0 bridgehead atoms. The number of nitrogens with one attached hydrogen (secondary N) is 1. The zero-order valence-electron chi connectivity index (χ0n) is 10.3. The molecule has 2 rings (SSSR count). The van der Waals surface area contributed by atoms with Crippen molar-refractivity contribution in [3.8, 4) is 0 Å². The summed E-state index contributed by atoms with van der Waals surface area (Å²) in [4.78, 5) is 5.61. The minimum absolute atomic E-state index is 0.633. The highest BCUT2D eigenvalue weighted by Crippen LogP contribution is 2.19. The first-order chi connectivity index (χ1) is 7.78. The summed E-state index contributed by atoms with van der Waals surface area (Å²) < 4.78 is 0. The molecule has 1 aromatic heterocycles. The summed E-state index contributed by atoms with van der Waals surface area (Å²) in [6.45, 7) is 9.23. The highest BCUT2D eigenvalue weighted by atomic mass is 32.1. The lowest BCUT2D eigenvalue weighted by molar-refractivity contribution is 0.267. The first-order valence-corrected chi connectivity index (χ1v) is 7.13. The number of aryl methyl sites for hydroxylation is 1. The Morgan fingerprint density at radius 3 is 3.00 bits per heavy atom.